The molecule has 3 aromatic rings. The van der Waals surface area contributed by atoms with Gasteiger partial charge in [0.1, 0.15) is 17.8 Å². The van der Waals surface area contributed by atoms with Gasteiger partial charge in [-0.3, -0.25) is 15.6 Å². The number of amides is 1. The first kappa shape index (κ1) is 23.2. The first-order valence-electron chi connectivity index (χ1n) is 8.81. The molecule has 5 N–H and O–H groups in total. The lowest BCUT2D eigenvalue weighted by molar-refractivity contribution is -0.137. The van der Waals surface area contributed by atoms with Crippen molar-refractivity contribution < 1.29 is 22.7 Å². The van der Waals surface area contributed by atoms with Gasteiger partial charge in [0.15, 0.2) is 18.2 Å². The van der Waals surface area contributed by atoms with E-state index in [9.17, 15) is 18.0 Å². The van der Waals surface area contributed by atoms with E-state index >= 15 is 0 Å². The van der Waals surface area contributed by atoms with Crippen LogP contribution in [0.5, 0.6) is 5.75 Å². The molecule has 0 aliphatic heterocycles. The second kappa shape index (κ2) is 9.79. The highest BCUT2D eigenvalue weighted by atomic mass is 35.5. The van der Waals surface area contributed by atoms with Gasteiger partial charge in [-0.25, -0.2) is 9.97 Å². The number of benzene rings is 2. The van der Waals surface area contributed by atoms with Gasteiger partial charge in [-0.15, -0.1) is 0 Å². The number of rotatable bonds is 7. The fraction of sp³-hybridized carbons (Fsp3) is 0.105. The number of carbonyl (C=O) groups excluding carboxylic acids is 1. The summed E-state index contributed by atoms with van der Waals surface area (Å²) in [6.07, 6.45) is -3.29. The van der Waals surface area contributed by atoms with E-state index in [0.717, 1.165) is 18.5 Å². The first-order valence-corrected chi connectivity index (χ1v) is 9.56. The Hall–Kier alpha value is -3.44. The quantitative estimate of drug-likeness (QED) is 0.359. The van der Waals surface area contributed by atoms with Crippen LogP contribution >= 0.6 is 23.2 Å². The molecule has 0 aliphatic carbocycles. The molecule has 168 valence electrons. The average Bonchev–Trinajstić information content (AvgIpc) is 2.73. The van der Waals surface area contributed by atoms with Crippen molar-refractivity contribution >= 4 is 52.1 Å². The van der Waals surface area contributed by atoms with Gasteiger partial charge in [-0.1, -0.05) is 23.2 Å². The molecule has 1 amide bonds. The predicted octanol–water partition coefficient (Wildman–Crippen LogP) is 4.65. The first-order chi connectivity index (χ1) is 15.1. The van der Waals surface area contributed by atoms with Crippen LogP contribution in [0.3, 0.4) is 0 Å². The van der Waals surface area contributed by atoms with E-state index in [1.54, 1.807) is 6.07 Å². The van der Waals surface area contributed by atoms with Crippen LogP contribution in [0, 0.1) is 0 Å². The molecule has 32 heavy (non-hydrogen) atoms. The average molecular weight is 487 g/mol. The number of carbonyl (C=O) groups is 1. The Morgan fingerprint density at radius 2 is 1.75 bits per heavy atom. The smallest absolute Gasteiger partial charge is 0.416 e. The summed E-state index contributed by atoms with van der Waals surface area (Å²) in [7, 11) is 0. The van der Waals surface area contributed by atoms with Crippen LogP contribution in [-0.2, 0) is 11.0 Å². The molecule has 0 aliphatic rings. The molecule has 3 rings (SSSR count). The minimum absolute atomic E-state index is 0.0226. The molecule has 0 bridgehead atoms. The highest BCUT2D eigenvalue weighted by molar-refractivity contribution is 6.35. The Morgan fingerprint density at radius 3 is 2.41 bits per heavy atom. The van der Waals surface area contributed by atoms with Crippen LogP contribution in [0.15, 0.2) is 48.8 Å². The molecule has 0 spiro atoms. The lowest BCUT2D eigenvalue weighted by Crippen LogP contribution is -2.34. The molecular weight excluding hydrogens is 472 g/mol. The lowest BCUT2D eigenvalue weighted by atomic mass is 10.2. The van der Waals surface area contributed by atoms with Gasteiger partial charge in [0, 0.05) is 10.7 Å². The molecule has 0 fully saturated rings. The normalized spacial score (nSPS) is 11.0. The second-order valence-electron chi connectivity index (χ2n) is 6.22. The number of ether oxygens (including phenoxy) is 1. The number of nitrogens with one attached hydrogen (secondary N) is 3. The Balaban J connectivity index is 1.58. The summed E-state index contributed by atoms with van der Waals surface area (Å²) in [5, 5.41) is 3.46. The van der Waals surface area contributed by atoms with Crippen LogP contribution < -0.4 is 26.6 Å². The number of nitrogen functional groups attached to an aromatic ring is 1. The van der Waals surface area contributed by atoms with Gasteiger partial charge in [0.05, 0.1) is 10.6 Å². The standard InChI is InChI=1S/C19H15Cl2F3N6O2/c20-11-3-6-14(13(21)7-11)32-8-15(31)29-30-18-16(25)17(26-9-27-18)28-12-4-1-10(2-5-12)19(22,23)24/h1-7,9H,8,25H2,(H,29,31)(H2,26,27,28,30). The van der Waals surface area contributed by atoms with Crippen molar-refractivity contribution in [3.8, 4) is 5.75 Å². The number of halogens is 5. The summed E-state index contributed by atoms with van der Waals surface area (Å²) in [4.78, 5) is 19.9. The van der Waals surface area contributed by atoms with Crippen LogP contribution in [0.1, 0.15) is 5.56 Å². The number of hydrogen-bond donors (Lipinski definition) is 4. The number of hydrogen-bond acceptors (Lipinski definition) is 7. The zero-order chi connectivity index (χ0) is 23.3. The number of anilines is 4. The largest absolute Gasteiger partial charge is 0.482 e. The van der Waals surface area contributed by atoms with Crippen LogP contribution in [-0.4, -0.2) is 22.5 Å². The SMILES string of the molecule is Nc1c(NNC(=O)COc2ccc(Cl)cc2Cl)ncnc1Nc1ccc(C(F)(F)F)cc1. The summed E-state index contributed by atoms with van der Waals surface area (Å²) >= 11 is 11.8. The van der Waals surface area contributed by atoms with Gasteiger partial charge in [0.25, 0.3) is 5.91 Å². The zero-order valence-corrected chi connectivity index (χ0v) is 17.5. The van der Waals surface area contributed by atoms with Crippen molar-refractivity contribution in [2.45, 2.75) is 6.18 Å². The van der Waals surface area contributed by atoms with Crippen molar-refractivity contribution in [3.63, 3.8) is 0 Å². The topological polar surface area (TPSA) is 114 Å². The highest BCUT2D eigenvalue weighted by Crippen LogP contribution is 2.31. The maximum atomic E-state index is 12.7. The maximum Gasteiger partial charge on any atom is 0.416 e. The Bertz CT molecular complexity index is 1110. The monoisotopic (exact) mass is 486 g/mol. The molecule has 1 aromatic heterocycles. The molecule has 2 aromatic carbocycles. The lowest BCUT2D eigenvalue weighted by Gasteiger charge is -2.14. The number of nitrogens with two attached hydrogens (primary N) is 1. The fourth-order valence-electron chi connectivity index (χ4n) is 2.37. The fourth-order valence-corrected chi connectivity index (χ4v) is 2.84. The zero-order valence-electron chi connectivity index (χ0n) is 16.0. The molecule has 0 saturated carbocycles. The minimum atomic E-state index is -4.44. The molecular formula is C19H15Cl2F3N6O2. The van der Waals surface area contributed by atoms with E-state index in [-0.39, 0.29) is 34.7 Å². The summed E-state index contributed by atoms with van der Waals surface area (Å²) < 4.78 is 43.3. The van der Waals surface area contributed by atoms with Crippen LogP contribution in [0.4, 0.5) is 36.2 Å². The maximum absolute atomic E-state index is 12.7. The minimum Gasteiger partial charge on any atom is -0.482 e. The van der Waals surface area contributed by atoms with Crippen molar-refractivity contribution in [2.24, 2.45) is 0 Å². The van der Waals surface area contributed by atoms with E-state index in [4.69, 9.17) is 33.7 Å². The summed E-state index contributed by atoms with van der Waals surface area (Å²) in [6.45, 7) is -0.365. The van der Waals surface area contributed by atoms with Gasteiger partial charge in [-0.2, -0.15) is 13.2 Å². The molecule has 0 unspecified atom stereocenters. The number of alkyl halides is 3. The van der Waals surface area contributed by atoms with Crippen molar-refractivity contribution in [2.75, 3.05) is 23.1 Å². The third-order valence-electron chi connectivity index (χ3n) is 3.93. The third-order valence-corrected chi connectivity index (χ3v) is 4.46. The molecule has 0 atom stereocenters. The van der Waals surface area contributed by atoms with Crippen molar-refractivity contribution in [1.82, 2.24) is 15.4 Å². The van der Waals surface area contributed by atoms with E-state index < -0.39 is 17.6 Å². The van der Waals surface area contributed by atoms with E-state index in [2.05, 4.69) is 26.1 Å². The number of nitrogens with zero attached hydrogens (tertiary/aromatic N) is 2. The summed E-state index contributed by atoms with van der Waals surface area (Å²) in [5.41, 5.74) is 10.4. The Kier molecular flexibility index (Phi) is 7.11. The third kappa shape index (κ3) is 6.05. The van der Waals surface area contributed by atoms with E-state index in [1.165, 1.54) is 24.3 Å². The molecule has 8 nitrogen and oxygen atoms in total. The Labute approximate surface area is 189 Å². The molecule has 0 radical (unpaired) electrons. The predicted molar refractivity (Wildman–Crippen MR) is 115 cm³/mol. The van der Waals surface area contributed by atoms with Gasteiger partial charge < -0.3 is 15.8 Å². The van der Waals surface area contributed by atoms with Gasteiger partial charge in [-0.05, 0) is 42.5 Å². The number of hydrazine groups is 1. The highest BCUT2D eigenvalue weighted by Gasteiger charge is 2.30. The summed E-state index contributed by atoms with van der Waals surface area (Å²) in [6, 6.07) is 8.87. The van der Waals surface area contributed by atoms with E-state index in [0.29, 0.717) is 10.7 Å². The Morgan fingerprint density at radius 1 is 1.06 bits per heavy atom. The molecule has 1 heterocycles. The van der Waals surface area contributed by atoms with Crippen LogP contribution in [0.25, 0.3) is 0 Å². The molecule has 0 saturated heterocycles. The van der Waals surface area contributed by atoms with E-state index in [1.807, 2.05) is 0 Å². The van der Waals surface area contributed by atoms with Gasteiger partial charge >= 0.3 is 6.18 Å². The van der Waals surface area contributed by atoms with Crippen molar-refractivity contribution in [3.05, 3.63) is 64.4 Å². The molecule has 13 heteroatoms. The van der Waals surface area contributed by atoms with Crippen molar-refractivity contribution in [1.29, 1.82) is 0 Å². The van der Waals surface area contributed by atoms with Crippen LogP contribution in [0.2, 0.25) is 10.0 Å². The van der Waals surface area contributed by atoms with Gasteiger partial charge in [0.2, 0.25) is 0 Å². The second-order valence-corrected chi connectivity index (χ2v) is 7.06. The number of aromatic nitrogens is 2. The summed E-state index contributed by atoms with van der Waals surface area (Å²) in [5.74, 6) is -0.102.